The molecule has 0 bridgehead atoms. The Morgan fingerprint density at radius 2 is 1.88 bits per heavy atom. The van der Waals surface area contributed by atoms with Crippen molar-refractivity contribution in [1.82, 2.24) is 15.0 Å². The first-order valence-corrected chi connectivity index (χ1v) is 13.4. The summed E-state index contributed by atoms with van der Waals surface area (Å²) in [5.41, 5.74) is 10.0. The third-order valence-corrected chi connectivity index (χ3v) is 6.82. The number of benzene rings is 2. The normalized spacial score (nSPS) is 14.2. The van der Waals surface area contributed by atoms with Crippen LogP contribution < -0.4 is 15.4 Å². The maximum atomic E-state index is 12.6. The minimum atomic E-state index is -0.623. The van der Waals surface area contributed by atoms with E-state index in [1.165, 1.54) is 0 Å². The zero-order chi connectivity index (χ0) is 28.1. The van der Waals surface area contributed by atoms with Crippen LogP contribution in [0.2, 0.25) is 0 Å². The van der Waals surface area contributed by atoms with Crippen LogP contribution in [0.25, 0.3) is 10.9 Å². The Morgan fingerprint density at radius 3 is 2.58 bits per heavy atom. The number of carbonyl (C=O) groups is 1. The number of nitrogens with two attached hydrogens (primary N) is 1. The second kappa shape index (κ2) is 12.2. The van der Waals surface area contributed by atoms with E-state index in [9.17, 15) is 9.90 Å². The van der Waals surface area contributed by atoms with Gasteiger partial charge in [0.2, 0.25) is 5.95 Å². The first-order valence-electron chi connectivity index (χ1n) is 13.4. The van der Waals surface area contributed by atoms with Crippen molar-refractivity contribution in [3.63, 3.8) is 0 Å². The summed E-state index contributed by atoms with van der Waals surface area (Å²) in [6.07, 6.45) is 5.65. The summed E-state index contributed by atoms with van der Waals surface area (Å²) in [5, 5.41) is 11.6. The van der Waals surface area contributed by atoms with Gasteiger partial charge >= 0.3 is 0 Å². The van der Waals surface area contributed by atoms with Crippen LogP contribution >= 0.6 is 0 Å². The number of aliphatic hydroxyl groups is 1. The van der Waals surface area contributed by atoms with E-state index in [0.29, 0.717) is 48.0 Å². The van der Waals surface area contributed by atoms with Crippen molar-refractivity contribution in [2.45, 2.75) is 32.3 Å². The number of nitrogens with zero attached hydrogens (tertiary/aromatic N) is 3. The highest BCUT2D eigenvalue weighted by molar-refractivity contribution is 5.96. The molecule has 1 fully saturated rings. The topological polar surface area (TPSA) is 127 Å². The molecule has 4 aromatic rings. The molecule has 0 saturated carbocycles. The van der Waals surface area contributed by atoms with Gasteiger partial charge in [0.25, 0.3) is 5.91 Å². The van der Waals surface area contributed by atoms with Gasteiger partial charge in [-0.2, -0.15) is 0 Å². The fourth-order valence-electron chi connectivity index (χ4n) is 4.87. The minimum Gasteiger partial charge on any atom is -0.490 e. The molecule has 1 amide bonds. The molecule has 0 spiro atoms. The number of ether oxygens (including phenoxy) is 2. The summed E-state index contributed by atoms with van der Waals surface area (Å²) in [7, 11) is 0. The van der Waals surface area contributed by atoms with Crippen molar-refractivity contribution >= 4 is 22.8 Å². The van der Waals surface area contributed by atoms with E-state index in [4.69, 9.17) is 15.2 Å². The van der Waals surface area contributed by atoms with Gasteiger partial charge in [0.1, 0.15) is 5.75 Å². The van der Waals surface area contributed by atoms with Crippen molar-refractivity contribution in [2.75, 3.05) is 37.8 Å². The van der Waals surface area contributed by atoms with E-state index in [1.54, 1.807) is 18.5 Å². The van der Waals surface area contributed by atoms with Crippen LogP contribution in [0.4, 0.5) is 5.95 Å². The first-order chi connectivity index (χ1) is 19.4. The molecular weight excluding hydrogens is 506 g/mol. The number of fused-ring (bicyclic) bond motifs is 1. The fraction of sp³-hybridized carbons (Fsp3) is 0.323. The second-order valence-corrected chi connectivity index (χ2v) is 10.0. The lowest BCUT2D eigenvalue weighted by molar-refractivity contribution is 0.0993. The number of H-pyrrole nitrogens is 1. The highest BCUT2D eigenvalue weighted by atomic mass is 16.5. The number of aromatic amines is 1. The molecule has 0 aliphatic carbocycles. The molecule has 1 atom stereocenters. The van der Waals surface area contributed by atoms with Crippen molar-refractivity contribution in [3.05, 3.63) is 82.8 Å². The molecule has 1 aliphatic rings. The van der Waals surface area contributed by atoms with Crippen LogP contribution in [0, 0.1) is 11.8 Å². The number of aliphatic hydroxyl groups excluding tert-OH is 1. The Kier molecular flexibility index (Phi) is 8.29. The molecule has 1 aliphatic heterocycles. The van der Waals surface area contributed by atoms with E-state index >= 15 is 0 Å². The largest absolute Gasteiger partial charge is 0.490 e. The maximum Gasteiger partial charge on any atom is 0.252 e. The predicted molar refractivity (Wildman–Crippen MR) is 154 cm³/mol. The number of amides is 1. The SMILES string of the molecule is CC(C)Oc1c(C(N)=O)cc(C#Cc2cnc(N3CCOCC3)nc2)cc1[C@H](CO)Cc1c[nH]c2ccccc12. The average molecular weight is 540 g/mol. The molecule has 4 N–H and O–H groups in total. The molecule has 9 heteroatoms. The molecule has 9 nitrogen and oxygen atoms in total. The van der Waals surface area contributed by atoms with Crippen molar-refractivity contribution in [3.8, 4) is 17.6 Å². The number of primary amides is 1. The smallest absolute Gasteiger partial charge is 0.252 e. The fourth-order valence-corrected chi connectivity index (χ4v) is 4.87. The Morgan fingerprint density at radius 1 is 1.15 bits per heavy atom. The number of rotatable bonds is 8. The number of hydrogen-bond donors (Lipinski definition) is 3. The molecule has 0 unspecified atom stereocenters. The number of morpholine rings is 1. The minimum absolute atomic E-state index is 0.153. The lowest BCUT2D eigenvalue weighted by Crippen LogP contribution is -2.37. The van der Waals surface area contributed by atoms with E-state index in [-0.39, 0.29) is 24.2 Å². The summed E-state index contributed by atoms with van der Waals surface area (Å²) in [5.74, 6) is 6.27. The Balaban J connectivity index is 1.50. The summed E-state index contributed by atoms with van der Waals surface area (Å²) in [4.78, 5) is 26.8. The van der Waals surface area contributed by atoms with Gasteiger partial charge in [-0.05, 0) is 44.0 Å². The standard InChI is InChI=1S/C31H33N5O4/c1-20(2)40-29-26(24(19-37)15-23-18-33-28-6-4-3-5-25(23)28)13-21(14-27(29)30(32)38)7-8-22-16-34-31(35-17-22)36-9-11-39-12-10-36/h3-6,13-14,16-18,20,24,33,37H,9-12,15,19H2,1-2H3,(H2,32,38)/t24-/m0/s1. The Labute approximate surface area is 233 Å². The highest BCUT2D eigenvalue weighted by Crippen LogP contribution is 2.35. The third-order valence-electron chi connectivity index (χ3n) is 6.82. The van der Waals surface area contributed by atoms with Gasteiger partial charge in [0, 0.05) is 59.6 Å². The molecule has 5 rings (SSSR count). The van der Waals surface area contributed by atoms with Gasteiger partial charge < -0.3 is 30.2 Å². The van der Waals surface area contributed by atoms with E-state index in [0.717, 1.165) is 29.6 Å². The average Bonchev–Trinajstić information content (AvgIpc) is 3.38. The molecule has 206 valence electrons. The van der Waals surface area contributed by atoms with Crippen LogP contribution in [0.3, 0.4) is 0 Å². The maximum absolute atomic E-state index is 12.6. The van der Waals surface area contributed by atoms with Crippen LogP contribution in [-0.2, 0) is 11.2 Å². The molecular formula is C31H33N5O4. The van der Waals surface area contributed by atoms with Gasteiger partial charge in [-0.15, -0.1) is 0 Å². The van der Waals surface area contributed by atoms with Crippen molar-refractivity contribution in [1.29, 1.82) is 0 Å². The Hall–Kier alpha value is -4.39. The number of anilines is 1. The zero-order valence-corrected chi connectivity index (χ0v) is 22.7. The monoisotopic (exact) mass is 539 g/mol. The summed E-state index contributed by atoms with van der Waals surface area (Å²) in [6.45, 7) is 6.42. The van der Waals surface area contributed by atoms with Crippen molar-refractivity contribution < 1.29 is 19.4 Å². The third kappa shape index (κ3) is 6.09. The van der Waals surface area contributed by atoms with Gasteiger partial charge in [-0.25, -0.2) is 9.97 Å². The number of hydrogen-bond acceptors (Lipinski definition) is 7. The lowest BCUT2D eigenvalue weighted by Gasteiger charge is -2.26. The van der Waals surface area contributed by atoms with E-state index in [2.05, 4.69) is 31.7 Å². The number of nitrogens with one attached hydrogen (secondary N) is 1. The lowest BCUT2D eigenvalue weighted by atomic mass is 9.88. The van der Waals surface area contributed by atoms with Crippen molar-refractivity contribution in [2.24, 2.45) is 5.73 Å². The zero-order valence-electron chi connectivity index (χ0n) is 22.7. The number of para-hydroxylation sites is 1. The molecule has 2 aromatic heterocycles. The van der Waals surface area contributed by atoms with Gasteiger partial charge in [-0.1, -0.05) is 30.0 Å². The second-order valence-electron chi connectivity index (χ2n) is 10.0. The van der Waals surface area contributed by atoms with E-state index in [1.807, 2.05) is 50.4 Å². The van der Waals surface area contributed by atoms with E-state index < -0.39 is 5.91 Å². The predicted octanol–water partition coefficient (Wildman–Crippen LogP) is 3.40. The number of aromatic nitrogens is 3. The Bertz CT molecular complexity index is 1550. The number of carbonyl (C=O) groups excluding carboxylic acids is 1. The molecule has 1 saturated heterocycles. The van der Waals surface area contributed by atoms with Crippen LogP contribution in [0.5, 0.6) is 5.75 Å². The molecule has 0 radical (unpaired) electrons. The molecule has 3 heterocycles. The van der Waals surface area contributed by atoms with Gasteiger partial charge in [0.15, 0.2) is 0 Å². The molecule has 40 heavy (non-hydrogen) atoms. The van der Waals surface area contributed by atoms with Gasteiger partial charge in [-0.3, -0.25) is 4.79 Å². The van der Waals surface area contributed by atoms with Gasteiger partial charge in [0.05, 0.1) is 37.1 Å². The summed E-state index contributed by atoms with van der Waals surface area (Å²) in [6, 6.07) is 11.5. The van der Waals surface area contributed by atoms with Crippen LogP contribution in [0.15, 0.2) is 55.0 Å². The van der Waals surface area contributed by atoms with Crippen LogP contribution in [-0.4, -0.2) is 65.0 Å². The summed E-state index contributed by atoms with van der Waals surface area (Å²) < 4.78 is 11.5. The highest BCUT2D eigenvalue weighted by Gasteiger charge is 2.24. The van der Waals surface area contributed by atoms with Crippen LogP contribution in [0.1, 0.15) is 52.4 Å². The molecule has 2 aromatic carbocycles. The summed E-state index contributed by atoms with van der Waals surface area (Å²) >= 11 is 0. The quantitative estimate of drug-likeness (QED) is 0.293. The first kappa shape index (κ1) is 27.2.